The number of hydrogen-bond acceptors (Lipinski definition) is 2. The normalized spacial score (nSPS) is 15.7. The Labute approximate surface area is 81.9 Å². The van der Waals surface area contributed by atoms with E-state index in [1.165, 1.54) is 0 Å². The summed E-state index contributed by atoms with van der Waals surface area (Å²) >= 11 is 11.5. The number of nitrogens with zero attached hydrogens (tertiary/aromatic N) is 2. The molecule has 0 amide bonds. The average Bonchev–Trinajstić information content (AvgIpc) is 2.04. The lowest BCUT2D eigenvalue weighted by atomic mass is 10.1. The Morgan fingerprint density at radius 2 is 1.75 bits per heavy atom. The predicted octanol–water partition coefficient (Wildman–Crippen LogP) is 2.86. The summed E-state index contributed by atoms with van der Waals surface area (Å²) in [5, 5.41) is 0.583. The zero-order valence-corrected chi connectivity index (χ0v) is 8.47. The van der Waals surface area contributed by atoms with Crippen LogP contribution < -0.4 is 0 Å². The topological polar surface area (TPSA) is 25.8 Å². The van der Waals surface area contributed by atoms with Gasteiger partial charge in [-0.1, -0.05) is 18.5 Å². The van der Waals surface area contributed by atoms with Gasteiger partial charge in [-0.25, -0.2) is 9.97 Å². The van der Waals surface area contributed by atoms with E-state index < -0.39 is 0 Å². The van der Waals surface area contributed by atoms with E-state index in [0.717, 1.165) is 5.82 Å². The number of hydrogen-bond donors (Lipinski definition) is 0. The van der Waals surface area contributed by atoms with Gasteiger partial charge in [0.1, 0.15) is 5.82 Å². The highest BCUT2D eigenvalue weighted by atomic mass is 35.5. The summed E-state index contributed by atoms with van der Waals surface area (Å²) in [6.45, 7) is 3.91. The van der Waals surface area contributed by atoms with Crippen molar-refractivity contribution in [2.75, 3.05) is 0 Å². The first-order valence-electron chi connectivity index (χ1n) is 3.72. The van der Waals surface area contributed by atoms with Crippen LogP contribution in [0.5, 0.6) is 0 Å². The van der Waals surface area contributed by atoms with Crippen LogP contribution in [0.4, 0.5) is 0 Å². The third-order valence-electron chi connectivity index (χ3n) is 1.74. The fraction of sp³-hybridized carbons (Fsp3) is 0.500. The summed E-state index contributed by atoms with van der Waals surface area (Å²) in [5.41, 5.74) is 0. The average molecular weight is 205 g/mol. The third kappa shape index (κ3) is 2.32. The molecular formula is C8H10Cl2N2. The first-order chi connectivity index (χ1) is 5.61. The molecule has 0 aliphatic carbocycles. The molecule has 0 radical (unpaired) electrons. The Bertz CT molecular complexity index is 246. The molecule has 0 saturated heterocycles. The Hall–Kier alpha value is -0.340. The van der Waals surface area contributed by atoms with Crippen LogP contribution in [0.2, 0.25) is 5.02 Å². The molecule has 0 aliphatic heterocycles. The molecule has 0 saturated carbocycles. The number of halogens is 2. The zero-order chi connectivity index (χ0) is 9.14. The molecule has 0 N–H and O–H groups in total. The van der Waals surface area contributed by atoms with Crippen molar-refractivity contribution in [1.82, 2.24) is 9.97 Å². The molecule has 12 heavy (non-hydrogen) atoms. The van der Waals surface area contributed by atoms with Crippen LogP contribution in [0.15, 0.2) is 12.4 Å². The van der Waals surface area contributed by atoms with Gasteiger partial charge in [-0.05, 0) is 6.92 Å². The molecule has 0 bridgehead atoms. The smallest absolute Gasteiger partial charge is 0.132 e. The minimum atomic E-state index is 0.0335. The second kappa shape index (κ2) is 4.06. The molecule has 66 valence electrons. The zero-order valence-electron chi connectivity index (χ0n) is 6.96. The minimum Gasteiger partial charge on any atom is -0.239 e. The van der Waals surface area contributed by atoms with E-state index in [2.05, 4.69) is 9.97 Å². The van der Waals surface area contributed by atoms with Crippen molar-refractivity contribution in [2.45, 2.75) is 25.1 Å². The molecule has 4 heteroatoms. The van der Waals surface area contributed by atoms with Gasteiger partial charge in [-0.15, -0.1) is 11.6 Å². The molecule has 2 atom stereocenters. The van der Waals surface area contributed by atoms with E-state index in [-0.39, 0.29) is 11.3 Å². The van der Waals surface area contributed by atoms with Gasteiger partial charge in [-0.3, -0.25) is 0 Å². The first kappa shape index (κ1) is 9.75. The first-order valence-corrected chi connectivity index (χ1v) is 4.54. The monoisotopic (exact) mass is 204 g/mol. The Morgan fingerprint density at radius 1 is 1.25 bits per heavy atom. The maximum Gasteiger partial charge on any atom is 0.132 e. The van der Waals surface area contributed by atoms with Gasteiger partial charge in [0, 0.05) is 23.7 Å². The van der Waals surface area contributed by atoms with Gasteiger partial charge in [0.05, 0.1) is 5.02 Å². The van der Waals surface area contributed by atoms with Crippen LogP contribution in [0.25, 0.3) is 0 Å². The van der Waals surface area contributed by atoms with Gasteiger partial charge in [-0.2, -0.15) is 0 Å². The highest BCUT2D eigenvalue weighted by Gasteiger charge is 2.13. The Kier molecular flexibility index (Phi) is 3.29. The van der Waals surface area contributed by atoms with Crippen molar-refractivity contribution >= 4 is 23.2 Å². The van der Waals surface area contributed by atoms with Gasteiger partial charge < -0.3 is 0 Å². The van der Waals surface area contributed by atoms with Crippen molar-refractivity contribution in [3.63, 3.8) is 0 Å². The molecule has 2 unspecified atom stereocenters. The molecule has 1 aromatic rings. The van der Waals surface area contributed by atoms with Crippen molar-refractivity contribution in [3.05, 3.63) is 23.2 Å². The van der Waals surface area contributed by atoms with Crippen LogP contribution in [-0.2, 0) is 0 Å². The van der Waals surface area contributed by atoms with Crippen LogP contribution in [0.3, 0.4) is 0 Å². The number of aromatic nitrogens is 2. The maximum atomic E-state index is 5.89. The van der Waals surface area contributed by atoms with Crippen molar-refractivity contribution in [2.24, 2.45) is 0 Å². The van der Waals surface area contributed by atoms with Gasteiger partial charge in [0.2, 0.25) is 0 Å². The van der Waals surface area contributed by atoms with Gasteiger partial charge >= 0.3 is 0 Å². The van der Waals surface area contributed by atoms with E-state index in [4.69, 9.17) is 23.2 Å². The molecular weight excluding hydrogens is 195 g/mol. The highest BCUT2D eigenvalue weighted by Crippen LogP contribution is 2.19. The third-order valence-corrected chi connectivity index (χ3v) is 2.31. The van der Waals surface area contributed by atoms with Crippen LogP contribution >= 0.6 is 23.2 Å². The van der Waals surface area contributed by atoms with Crippen LogP contribution in [0, 0.1) is 0 Å². The summed E-state index contributed by atoms with van der Waals surface area (Å²) in [4.78, 5) is 8.14. The molecule has 1 rings (SSSR count). The SMILES string of the molecule is CC(Cl)C(C)c1ncc(Cl)cn1. The van der Waals surface area contributed by atoms with Crippen LogP contribution in [-0.4, -0.2) is 15.3 Å². The number of alkyl halides is 1. The Morgan fingerprint density at radius 3 is 2.17 bits per heavy atom. The van der Waals surface area contributed by atoms with Crippen molar-refractivity contribution in [1.29, 1.82) is 0 Å². The fourth-order valence-electron chi connectivity index (χ4n) is 0.763. The highest BCUT2D eigenvalue weighted by molar-refractivity contribution is 6.30. The Balaban J connectivity index is 2.82. The van der Waals surface area contributed by atoms with E-state index in [0.29, 0.717) is 5.02 Å². The van der Waals surface area contributed by atoms with Crippen LogP contribution in [0.1, 0.15) is 25.6 Å². The van der Waals surface area contributed by atoms with E-state index in [1.54, 1.807) is 12.4 Å². The van der Waals surface area contributed by atoms with E-state index in [1.807, 2.05) is 13.8 Å². The lowest BCUT2D eigenvalue weighted by molar-refractivity contribution is 0.686. The summed E-state index contributed by atoms with van der Waals surface area (Å²) in [5.74, 6) is 0.894. The second-order valence-corrected chi connectivity index (χ2v) is 3.85. The van der Waals surface area contributed by atoms with E-state index in [9.17, 15) is 0 Å². The maximum absolute atomic E-state index is 5.89. The molecule has 0 aromatic carbocycles. The lowest BCUT2D eigenvalue weighted by Crippen LogP contribution is -2.08. The standard InChI is InChI=1S/C8H10Cl2N2/c1-5(6(2)9)8-11-3-7(10)4-12-8/h3-6H,1-2H3. The fourth-order valence-corrected chi connectivity index (χ4v) is 0.973. The quantitative estimate of drug-likeness (QED) is 0.693. The lowest BCUT2D eigenvalue weighted by Gasteiger charge is -2.10. The minimum absolute atomic E-state index is 0.0335. The summed E-state index contributed by atoms with van der Waals surface area (Å²) in [6.07, 6.45) is 3.17. The molecule has 1 aromatic heterocycles. The summed E-state index contributed by atoms with van der Waals surface area (Å²) in [7, 11) is 0. The predicted molar refractivity (Wildman–Crippen MR) is 50.8 cm³/mol. The van der Waals surface area contributed by atoms with Gasteiger partial charge in [0.15, 0.2) is 0 Å². The van der Waals surface area contributed by atoms with Crippen molar-refractivity contribution in [3.8, 4) is 0 Å². The molecule has 0 spiro atoms. The molecule has 2 nitrogen and oxygen atoms in total. The molecule has 1 heterocycles. The summed E-state index contributed by atoms with van der Waals surface area (Å²) in [6, 6.07) is 0. The molecule has 0 fully saturated rings. The largest absolute Gasteiger partial charge is 0.239 e. The second-order valence-electron chi connectivity index (χ2n) is 2.73. The van der Waals surface area contributed by atoms with Crippen molar-refractivity contribution < 1.29 is 0 Å². The van der Waals surface area contributed by atoms with Gasteiger partial charge in [0.25, 0.3) is 0 Å². The molecule has 0 aliphatic rings. The summed E-state index contributed by atoms with van der Waals surface area (Å²) < 4.78 is 0. The number of rotatable bonds is 2. The van der Waals surface area contributed by atoms with E-state index >= 15 is 0 Å².